The predicted octanol–water partition coefficient (Wildman–Crippen LogP) is 1.93. The van der Waals surface area contributed by atoms with Gasteiger partial charge in [-0.3, -0.25) is 4.79 Å². The number of hydrogen-bond acceptors (Lipinski definition) is 3. The molecule has 0 radical (unpaired) electrons. The van der Waals surface area contributed by atoms with Crippen LogP contribution in [0, 0.1) is 5.82 Å². The van der Waals surface area contributed by atoms with E-state index in [1.54, 1.807) is 12.1 Å². The lowest BCUT2D eigenvalue weighted by atomic mass is 10.1. The molecule has 6 heteroatoms. The molecule has 0 unspecified atom stereocenters. The van der Waals surface area contributed by atoms with Gasteiger partial charge in [0.1, 0.15) is 5.82 Å². The zero-order chi connectivity index (χ0) is 16.7. The average molecular weight is 328 g/mol. The lowest BCUT2D eigenvalue weighted by Gasteiger charge is -2.33. The number of benzene rings is 1. The smallest absolute Gasteiger partial charge is 0.274 e. The van der Waals surface area contributed by atoms with Gasteiger partial charge < -0.3 is 10.2 Å². The van der Waals surface area contributed by atoms with Gasteiger partial charge in [0.2, 0.25) is 0 Å². The average Bonchev–Trinajstić information content (AvgIpc) is 3.18. The molecule has 1 amide bonds. The number of fused-ring (bicyclic) bond motifs is 1. The van der Waals surface area contributed by atoms with E-state index in [0.29, 0.717) is 12.2 Å². The molecule has 1 saturated heterocycles. The van der Waals surface area contributed by atoms with Crippen LogP contribution in [0.4, 0.5) is 4.39 Å². The van der Waals surface area contributed by atoms with Gasteiger partial charge in [0, 0.05) is 36.9 Å². The molecular weight excluding hydrogens is 307 g/mol. The number of nitrogens with zero attached hydrogens (tertiary/aromatic N) is 3. The molecule has 5 nitrogen and oxygen atoms in total. The topological polar surface area (TPSA) is 50.2 Å². The fraction of sp³-hybridized carbons (Fsp3) is 0.444. The highest BCUT2D eigenvalue weighted by atomic mass is 19.1. The monoisotopic (exact) mass is 328 g/mol. The van der Waals surface area contributed by atoms with Gasteiger partial charge in [0.15, 0.2) is 5.69 Å². The number of carbonyl (C=O) groups is 1. The van der Waals surface area contributed by atoms with Crippen LogP contribution in [-0.4, -0.2) is 46.3 Å². The summed E-state index contributed by atoms with van der Waals surface area (Å²) >= 11 is 0. The SMILES string of the molecule is C[C@H]1CNCCN1C(=O)c1nn(-c2ccc(F)cc2)c2c1CCC2. The minimum atomic E-state index is -0.270. The van der Waals surface area contributed by atoms with Crippen molar-refractivity contribution >= 4 is 5.91 Å². The van der Waals surface area contributed by atoms with Crippen molar-refractivity contribution in [3.8, 4) is 5.69 Å². The number of hydrogen-bond donors (Lipinski definition) is 1. The van der Waals surface area contributed by atoms with Crippen molar-refractivity contribution < 1.29 is 9.18 Å². The molecule has 126 valence electrons. The third-order valence-corrected chi connectivity index (χ3v) is 4.97. The number of piperazine rings is 1. The Hall–Kier alpha value is -2.21. The Morgan fingerprint density at radius 1 is 1.29 bits per heavy atom. The van der Waals surface area contributed by atoms with E-state index in [-0.39, 0.29) is 17.8 Å². The fourth-order valence-corrected chi connectivity index (χ4v) is 3.68. The summed E-state index contributed by atoms with van der Waals surface area (Å²) in [7, 11) is 0. The standard InChI is InChI=1S/C18H21FN4O/c1-12-11-20-9-10-22(12)18(24)17-15-3-2-4-16(15)23(21-17)14-7-5-13(19)6-8-14/h5-8,12,20H,2-4,9-11H2,1H3/t12-/m0/s1. The van der Waals surface area contributed by atoms with Crippen LogP contribution in [0.1, 0.15) is 35.1 Å². The second kappa shape index (κ2) is 6.02. The molecule has 1 atom stereocenters. The van der Waals surface area contributed by atoms with Gasteiger partial charge in [-0.15, -0.1) is 0 Å². The van der Waals surface area contributed by atoms with E-state index in [9.17, 15) is 9.18 Å². The highest BCUT2D eigenvalue weighted by Crippen LogP contribution is 2.29. The molecule has 1 N–H and O–H groups in total. The van der Waals surface area contributed by atoms with Crippen molar-refractivity contribution in [2.45, 2.75) is 32.2 Å². The molecule has 0 saturated carbocycles. The maximum Gasteiger partial charge on any atom is 0.274 e. The van der Waals surface area contributed by atoms with E-state index < -0.39 is 0 Å². The third-order valence-electron chi connectivity index (χ3n) is 4.97. The molecule has 1 aromatic carbocycles. The summed E-state index contributed by atoms with van der Waals surface area (Å²) < 4.78 is 15.0. The molecule has 1 aliphatic carbocycles. The van der Waals surface area contributed by atoms with E-state index in [0.717, 1.165) is 49.3 Å². The van der Waals surface area contributed by atoms with Gasteiger partial charge in [-0.1, -0.05) is 0 Å². The summed E-state index contributed by atoms with van der Waals surface area (Å²) in [5, 5.41) is 7.93. The summed E-state index contributed by atoms with van der Waals surface area (Å²) in [6.45, 7) is 4.39. The molecule has 1 fully saturated rings. The van der Waals surface area contributed by atoms with Crippen LogP contribution in [0.2, 0.25) is 0 Å². The predicted molar refractivity (Wildman–Crippen MR) is 88.9 cm³/mol. The number of aromatic nitrogens is 2. The second-order valence-corrected chi connectivity index (χ2v) is 6.57. The maximum atomic E-state index is 13.2. The number of halogens is 1. The van der Waals surface area contributed by atoms with Crippen LogP contribution in [0.3, 0.4) is 0 Å². The van der Waals surface area contributed by atoms with Crippen LogP contribution < -0.4 is 5.32 Å². The fourth-order valence-electron chi connectivity index (χ4n) is 3.68. The molecule has 1 aliphatic heterocycles. The van der Waals surface area contributed by atoms with Crippen molar-refractivity contribution in [2.24, 2.45) is 0 Å². The Labute approximate surface area is 140 Å². The van der Waals surface area contributed by atoms with Gasteiger partial charge >= 0.3 is 0 Å². The lowest BCUT2D eigenvalue weighted by Crippen LogP contribution is -2.52. The first-order valence-corrected chi connectivity index (χ1v) is 8.53. The van der Waals surface area contributed by atoms with Crippen LogP contribution in [0.5, 0.6) is 0 Å². The van der Waals surface area contributed by atoms with E-state index in [4.69, 9.17) is 0 Å². The number of nitrogens with one attached hydrogen (secondary N) is 1. The normalized spacial score (nSPS) is 20.2. The Kier molecular flexibility index (Phi) is 3.84. The Morgan fingerprint density at radius 2 is 2.08 bits per heavy atom. The maximum absolute atomic E-state index is 13.2. The Morgan fingerprint density at radius 3 is 2.83 bits per heavy atom. The first-order chi connectivity index (χ1) is 11.6. The van der Waals surface area contributed by atoms with Gasteiger partial charge in [0.05, 0.1) is 5.69 Å². The molecule has 0 bridgehead atoms. The molecule has 0 spiro atoms. The van der Waals surface area contributed by atoms with Crippen molar-refractivity contribution in [1.82, 2.24) is 20.0 Å². The van der Waals surface area contributed by atoms with Gasteiger partial charge in [-0.25, -0.2) is 9.07 Å². The molecule has 2 aliphatic rings. The zero-order valence-corrected chi connectivity index (χ0v) is 13.8. The van der Waals surface area contributed by atoms with Crippen LogP contribution >= 0.6 is 0 Å². The number of amides is 1. The lowest BCUT2D eigenvalue weighted by molar-refractivity contribution is 0.0648. The quantitative estimate of drug-likeness (QED) is 0.916. The summed E-state index contributed by atoms with van der Waals surface area (Å²) in [5.41, 5.74) is 3.53. The van der Waals surface area contributed by atoms with Crippen LogP contribution in [0.15, 0.2) is 24.3 Å². The minimum absolute atomic E-state index is 0.0167. The largest absolute Gasteiger partial charge is 0.332 e. The van der Waals surface area contributed by atoms with Crippen molar-refractivity contribution in [3.05, 3.63) is 47.0 Å². The highest BCUT2D eigenvalue weighted by Gasteiger charge is 2.32. The van der Waals surface area contributed by atoms with Crippen LogP contribution in [0.25, 0.3) is 5.69 Å². The zero-order valence-electron chi connectivity index (χ0n) is 13.8. The first kappa shape index (κ1) is 15.3. The minimum Gasteiger partial charge on any atom is -0.332 e. The Balaban J connectivity index is 1.73. The first-order valence-electron chi connectivity index (χ1n) is 8.53. The van der Waals surface area contributed by atoms with E-state index in [2.05, 4.69) is 17.3 Å². The van der Waals surface area contributed by atoms with E-state index in [1.807, 2.05) is 9.58 Å². The summed E-state index contributed by atoms with van der Waals surface area (Å²) in [4.78, 5) is 14.9. The van der Waals surface area contributed by atoms with Gasteiger partial charge in [-0.2, -0.15) is 5.10 Å². The molecule has 24 heavy (non-hydrogen) atoms. The summed E-state index contributed by atoms with van der Waals surface area (Å²) in [6.07, 6.45) is 2.83. The molecule has 2 heterocycles. The van der Waals surface area contributed by atoms with Crippen molar-refractivity contribution in [2.75, 3.05) is 19.6 Å². The second-order valence-electron chi connectivity index (χ2n) is 6.57. The number of carbonyl (C=O) groups excluding carboxylic acids is 1. The molecule has 4 rings (SSSR count). The van der Waals surface area contributed by atoms with E-state index >= 15 is 0 Å². The summed E-state index contributed by atoms with van der Waals surface area (Å²) in [6, 6.07) is 6.45. The Bertz CT molecular complexity index is 768. The van der Waals surface area contributed by atoms with Gasteiger partial charge in [0.25, 0.3) is 5.91 Å². The van der Waals surface area contributed by atoms with Crippen molar-refractivity contribution in [3.63, 3.8) is 0 Å². The van der Waals surface area contributed by atoms with Gasteiger partial charge in [-0.05, 0) is 50.5 Å². The van der Waals surface area contributed by atoms with Crippen molar-refractivity contribution in [1.29, 1.82) is 0 Å². The number of rotatable bonds is 2. The van der Waals surface area contributed by atoms with Crippen LogP contribution in [-0.2, 0) is 12.8 Å². The molecular formula is C18H21FN4O. The highest BCUT2D eigenvalue weighted by molar-refractivity contribution is 5.94. The molecule has 1 aromatic heterocycles. The summed E-state index contributed by atoms with van der Waals surface area (Å²) in [5.74, 6) is -0.253. The van der Waals surface area contributed by atoms with E-state index in [1.165, 1.54) is 12.1 Å². The third kappa shape index (κ3) is 2.51. The molecule has 2 aromatic rings.